The van der Waals surface area contributed by atoms with Crippen LogP contribution in [0, 0.1) is 0 Å². The van der Waals surface area contributed by atoms with Crippen molar-refractivity contribution in [3.05, 3.63) is 77.5 Å². The summed E-state index contributed by atoms with van der Waals surface area (Å²) in [5.74, 6) is -0.162. The molecule has 1 fully saturated rings. The van der Waals surface area contributed by atoms with Crippen LogP contribution in [-0.2, 0) is 9.59 Å². The SMILES string of the molecule is O=C(CN1CCN(C(=O)C=Cc2ccc3ccccc3n2)CC1)Nc1ccccc1Cl. The minimum atomic E-state index is -0.116. The highest BCUT2D eigenvalue weighted by Gasteiger charge is 2.21. The molecule has 0 aliphatic carbocycles. The van der Waals surface area contributed by atoms with Gasteiger partial charge < -0.3 is 10.2 Å². The normalized spacial score (nSPS) is 14.8. The monoisotopic (exact) mass is 434 g/mol. The van der Waals surface area contributed by atoms with Gasteiger partial charge in [0.05, 0.1) is 28.5 Å². The smallest absolute Gasteiger partial charge is 0.246 e. The zero-order valence-electron chi connectivity index (χ0n) is 17.0. The lowest BCUT2D eigenvalue weighted by Gasteiger charge is -2.33. The Morgan fingerprint density at radius 1 is 0.968 bits per heavy atom. The van der Waals surface area contributed by atoms with Gasteiger partial charge in [-0.25, -0.2) is 4.98 Å². The molecule has 1 N–H and O–H groups in total. The number of pyridine rings is 1. The lowest BCUT2D eigenvalue weighted by Crippen LogP contribution is -2.50. The van der Waals surface area contributed by atoms with Crippen LogP contribution in [0.15, 0.2) is 66.7 Å². The fraction of sp³-hybridized carbons (Fsp3) is 0.208. The molecule has 0 spiro atoms. The van der Waals surface area contributed by atoms with Crippen molar-refractivity contribution in [3.63, 3.8) is 0 Å². The van der Waals surface area contributed by atoms with Gasteiger partial charge in [0.25, 0.3) is 0 Å². The van der Waals surface area contributed by atoms with Crippen LogP contribution in [0.1, 0.15) is 5.69 Å². The third-order valence-electron chi connectivity index (χ3n) is 5.22. The first-order valence-electron chi connectivity index (χ1n) is 10.2. The Labute approximate surface area is 186 Å². The van der Waals surface area contributed by atoms with Crippen LogP contribution in [0.3, 0.4) is 0 Å². The van der Waals surface area contributed by atoms with Gasteiger partial charge in [0.1, 0.15) is 0 Å². The van der Waals surface area contributed by atoms with Gasteiger partial charge in [-0.05, 0) is 30.3 Å². The molecule has 0 bridgehead atoms. The molecule has 1 aromatic heterocycles. The number of halogens is 1. The van der Waals surface area contributed by atoms with Crippen molar-refractivity contribution >= 4 is 46.1 Å². The highest BCUT2D eigenvalue weighted by molar-refractivity contribution is 6.33. The van der Waals surface area contributed by atoms with E-state index in [0.717, 1.165) is 16.6 Å². The average Bonchev–Trinajstić information content (AvgIpc) is 2.79. The van der Waals surface area contributed by atoms with Crippen molar-refractivity contribution in [1.29, 1.82) is 0 Å². The third-order valence-corrected chi connectivity index (χ3v) is 5.55. The number of para-hydroxylation sites is 2. The van der Waals surface area contributed by atoms with E-state index in [4.69, 9.17) is 11.6 Å². The molecule has 0 atom stereocenters. The van der Waals surface area contributed by atoms with Gasteiger partial charge in [0, 0.05) is 37.6 Å². The van der Waals surface area contributed by atoms with Crippen LogP contribution in [0.2, 0.25) is 5.02 Å². The molecule has 0 saturated carbocycles. The molecular weight excluding hydrogens is 412 g/mol. The summed E-state index contributed by atoms with van der Waals surface area (Å²) in [5, 5.41) is 4.41. The van der Waals surface area contributed by atoms with Gasteiger partial charge >= 0.3 is 0 Å². The topological polar surface area (TPSA) is 65.5 Å². The minimum Gasteiger partial charge on any atom is -0.337 e. The number of nitrogens with zero attached hydrogens (tertiary/aromatic N) is 3. The molecular formula is C24H23ClN4O2. The Morgan fingerprint density at radius 3 is 2.52 bits per heavy atom. The predicted octanol–water partition coefficient (Wildman–Crippen LogP) is 3.68. The summed E-state index contributed by atoms with van der Waals surface area (Å²) in [6.45, 7) is 2.71. The summed E-state index contributed by atoms with van der Waals surface area (Å²) < 4.78 is 0. The first kappa shape index (κ1) is 21.0. The van der Waals surface area contributed by atoms with Crippen LogP contribution in [0.4, 0.5) is 5.69 Å². The first-order valence-corrected chi connectivity index (χ1v) is 10.6. The first-order chi connectivity index (χ1) is 15.1. The summed E-state index contributed by atoms with van der Waals surface area (Å²) in [5.41, 5.74) is 2.26. The number of rotatable bonds is 5. The fourth-order valence-electron chi connectivity index (χ4n) is 3.52. The number of benzene rings is 2. The van der Waals surface area contributed by atoms with Gasteiger partial charge in [0.2, 0.25) is 11.8 Å². The molecule has 0 unspecified atom stereocenters. The largest absolute Gasteiger partial charge is 0.337 e. The highest BCUT2D eigenvalue weighted by Crippen LogP contribution is 2.20. The second kappa shape index (κ2) is 9.73. The van der Waals surface area contributed by atoms with Crippen molar-refractivity contribution in [2.24, 2.45) is 0 Å². The molecule has 6 nitrogen and oxygen atoms in total. The van der Waals surface area contributed by atoms with Gasteiger partial charge in [-0.1, -0.05) is 48.0 Å². The lowest BCUT2D eigenvalue weighted by atomic mass is 10.2. The fourth-order valence-corrected chi connectivity index (χ4v) is 3.70. The van der Waals surface area contributed by atoms with Crippen LogP contribution in [0.25, 0.3) is 17.0 Å². The standard InChI is InChI=1S/C24H23ClN4O2/c25-20-6-2-4-8-22(20)27-23(30)17-28-13-15-29(16-14-28)24(31)12-11-19-10-9-18-5-1-3-7-21(18)26-19/h1-12H,13-17H2,(H,27,30). The molecule has 3 aromatic rings. The third kappa shape index (κ3) is 5.48. The average molecular weight is 435 g/mol. The Balaban J connectivity index is 1.27. The van der Waals surface area contributed by atoms with E-state index in [-0.39, 0.29) is 18.4 Å². The highest BCUT2D eigenvalue weighted by atomic mass is 35.5. The van der Waals surface area contributed by atoms with E-state index in [1.54, 1.807) is 29.2 Å². The zero-order chi connectivity index (χ0) is 21.6. The number of carbonyl (C=O) groups is 2. The summed E-state index contributed by atoms with van der Waals surface area (Å²) >= 11 is 6.08. The molecule has 158 valence electrons. The van der Waals surface area contributed by atoms with E-state index < -0.39 is 0 Å². The van der Waals surface area contributed by atoms with E-state index in [1.165, 1.54) is 0 Å². The number of amides is 2. The Bertz CT molecular complexity index is 1120. The van der Waals surface area contributed by atoms with E-state index in [2.05, 4.69) is 10.3 Å². The maximum atomic E-state index is 12.5. The number of hydrogen-bond acceptors (Lipinski definition) is 4. The van der Waals surface area contributed by atoms with Gasteiger partial charge in [-0.15, -0.1) is 0 Å². The number of aromatic nitrogens is 1. The maximum Gasteiger partial charge on any atom is 0.246 e. The maximum absolute atomic E-state index is 12.5. The molecule has 0 radical (unpaired) electrons. The molecule has 31 heavy (non-hydrogen) atoms. The van der Waals surface area contributed by atoms with Crippen LogP contribution >= 0.6 is 11.6 Å². The quantitative estimate of drug-likeness (QED) is 0.622. The molecule has 1 saturated heterocycles. The van der Waals surface area contributed by atoms with Gasteiger partial charge in [0.15, 0.2) is 0 Å². The second-order valence-electron chi connectivity index (χ2n) is 7.39. The lowest BCUT2D eigenvalue weighted by molar-refractivity contribution is -0.127. The Hall–Kier alpha value is -3.22. The molecule has 2 heterocycles. The molecule has 4 rings (SSSR count). The van der Waals surface area contributed by atoms with Crippen LogP contribution in [0.5, 0.6) is 0 Å². The molecule has 1 aliphatic rings. The number of carbonyl (C=O) groups excluding carboxylic acids is 2. The molecule has 7 heteroatoms. The second-order valence-corrected chi connectivity index (χ2v) is 7.80. The summed E-state index contributed by atoms with van der Waals surface area (Å²) in [7, 11) is 0. The van der Waals surface area contributed by atoms with Gasteiger partial charge in [-0.3, -0.25) is 14.5 Å². The Morgan fingerprint density at radius 2 is 1.71 bits per heavy atom. The molecule has 1 aliphatic heterocycles. The number of piperazine rings is 1. The summed E-state index contributed by atoms with van der Waals surface area (Å²) in [6.07, 6.45) is 3.31. The van der Waals surface area contributed by atoms with Gasteiger partial charge in [-0.2, -0.15) is 0 Å². The summed E-state index contributed by atoms with van der Waals surface area (Å²) in [6, 6.07) is 18.9. The molecule has 2 amide bonds. The predicted molar refractivity (Wildman–Crippen MR) is 124 cm³/mol. The molecule has 2 aromatic carbocycles. The number of fused-ring (bicyclic) bond motifs is 1. The van der Waals surface area contributed by atoms with Crippen molar-refractivity contribution in [2.45, 2.75) is 0 Å². The van der Waals surface area contributed by atoms with E-state index in [1.807, 2.05) is 53.4 Å². The zero-order valence-corrected chi connectivity index (χ0v) is 17.8. The van der Waals surface area contributed by atoms with Crippen molar-refractivity contribution in [3.8, 4) is 0 Å². The number of nitrogens with one attached hydrogen (secondary N) is 1. The van der Waals surface area contributed by atoms with Crippen molar-refractivity contribution in [2.75, 3.05) is 38.0 Å². The summed E-state index contributed by atoms with van der Waals surface area (Å²) in [4.78, 5) is 33.2. The van der Waals surface area contributed by atoms with E-state index in [9.17, 15) is 9.59 Å². The van der Waals surface area contributed by atoms with Crippen molar-refractivity contribution in [1.82, 2.24) is 14.8 Å². The number of hydrogen-bond donors (Lipinski definition) is 1. The Kier molecular flexibility index (Phi) is 6.60. The van der Waals surface area contributed by atoms with Crippen LogP contribution < -0.4 is 5.32 Å². The van der Waals surface area contributed by atoms with E-state index >= 15 is 0 Å². The minimum absolute atomic E-state index is 0.0462. The van der Waals surface area contributed by atoms with E-state index in [0.29, 0.717) is 36.9 Å². The number of anilines is 1. The van der Waals surface area contributed by atoms with Crippen molar-refractivity contribution < 1.29 is 9.59 Å². The van der Waals surface area contributed by atoms with Crippen LogP contribution in [-0.4, -0.2) is 59.3 Å².